The van der Waals surface area contributed by atoms with E-state index in [1.165, 1.54) is 0 Å². The van der Waals surface area contributed by atoms with E-state index in [1.807, 2.05) is 26.8 Å². The van der Waals surface area contributed by atoms with Gasteiger partial charge in [-0.05, 0) is 19.4 Å². The highest BCUT2D eigenvalue weighted by Crippen LogP contribution is 2.31. The molecule has 2 atom stereocenters. The predicted molar refractivity (Wildman–Crippen MR) is 61.6 cm³/mol. The zero-order chi connectivity index (χ0) is 11.6. The Morgan fingerprint density at radius 2 is 2.00 bits per heavy atom. The highest BCUT2D eigenvalue weighted by atomic mass is 35.5. The summed E-state index contributed by atoms with van der Waals surface area (Å²) in [7, 11) is 0. The number of nitrogens with zero attached hydrogens (tertiary/aromatic N) is 1. The van der Waals surface area contributed by atoms with Crippen molar-refractivity contribution in [2.75, 3.05) is 0 Å². The number of nitro benzene ring substituents is 1. The SMILES string of the molecule is Cc1ccc(C(C)C(C)Cl)c([N+](=O)[O-])c1. The molecule has 0 aliphatic heterocycles. The number of aryl methyl sites for hydroxylation is 1. The third-order valence-corrected chi connectivity index (χ3v) is 2.94. The minimum Gasteiger partial charge on any atom is -0.258 e. The van der Waals surface area contributed by atoms with Gasteiger partial charge in [-0.15, -0.1) is 11.6 Å². The molecule has 0 fully saturated rings. The summed E-state index contributed by atoms with van der Waals surface area (Å²) in [6.45, 7) is 5.58. The van der Waals surface area contributed by atoms with Gasteiger partial charge in [0.15, 0.2) is 0 Å². The van der Waals surface area contributed by atoms with Crippen molar-refractivity contribution in [3.63, 3.8) is 0 Å². The summed E-state index contributed by atoms with van der Waals surface area (Å²) in [6.07, 6.45) is 0. The van der Waals surface area contributed by atoms with Crippen molar-refractivity contribution in [3.05, 3.63) is 39.4 Å². The van der Waals surface area contributed by atoms with Crippen molar-refractivity contribution in [3.8, 4) is 0 Å². The molecule has 1 aromatic rings. The fourth-order valence-corrected chi connectivity index (χ4v) is 1.58. The van der Waals surface area contributed by atoms with Crippen LogP contribution >= 0.6 is 11.6 Å². The number of halogens is 1. The standard InChI is InChI=1S/C11H14ClNO2/c1-7-4-5-10(8(2)9(3)12)11(6-7)13(14)15/h4-6,8-9H,1-3H3. The summed E-state index contributed by atoms with van der Waals surface area (Å²) < 4.78 is 0. The minimum atomic E-state index is -0.349. The Morgan fingerprint density at radius 1 is 1.40 bits per heavy atom. The zero-order valence-electron chi connectivity index (χ0n) is 9.03. The van der Waals surface area contributed by atoms with E-state index >= 15 is 0 Å². The monoisotopic (exact) mass is 227 g/mol. The van der Waals surface area contributed by atoms with Gasteiger partial charge in [0.25, 0.3) is 5.69 Å². The van der Waals surface area contributed by atoms with Crippen LogP contribution in [-0.2, 0) is 0 Å². The minimum absolute atomic E-state index is 0.0207. The number of rotatable bonds is 3. The van der Waals surface area contributed by atoms with Crippen molar-refractivity contribution >= 4 is 17.3 Å². The molecule has 0 bridgehead atoms. The van der Waals surface area contributed by atoms with Gasteiger partial charge in [0.2, 0.25) is 0 Å². The second-order valence-corrected chi connectivity index (χ2v) is 4.47. The van der Waals surface area contributed by atoms with Crippen LogP contribution in [0.2, 0.25) is 0 Å². The van der Waals surface area contributed by atoms with E-state index in [0.29, 0.717) is 5.56 Å². The molecule has 3 nitrogen and oxygen atoms in total. The Labute approximate surface area is 94.2 Å². The molecule has 4 heteroatoms. The lowest BCUT2D eigenvalue weighted by Crippen LogP contribution is -2.08. The van der Waals surface area contributed by atoms with E-state index in [0.717, 1.165) is 5.56 Å². The third-order valence-electron chi connectivity index (χ3n) is 2.56. The molecule has 1 rings (SSSR count). The lowest BCUT2D eigenvalue weighted by molar-refractivity contribution is -0.385. The molecule has 82 valence electrons. The van der Waals surface area contributed by atoms with E-state index < -0.39 is 0 Å². The van der Waals surface area contributed by atoms with Gasteiger partial charge in [-0.25, -0.2) is 0 Å². The maximum atomic E-state index is 10.9. The molecule has 0 aliphatic rings. The van der Waals surface area contributed by atoms with E-state index in [9.17, 15) is 10.1 Å². The van der Waals surface area contributed by atoms with Crippen LogP contribution in [0.5, 0.6) is 0 Å². The number of nitro groups is 1. The van der Waals surface area contributed by atoms with Crippen LogP contribution in [0.15, 0.2) is 18.2 Å². The first-order valence-electron chi connectivity index (χ1n) is 4.82. The van der Waals surface area contributed by atoms with E-state index in [4.69, 9.17) is 11.6 Å². The first-order chi connectivity index (χ1) is 6.93. The Bertz CT molecular complexity index is 377. The third kappa shape index (κ3) is 2.69. The fraction of sp³-hybridized carbons (Fsp3) is 0.455. The van der Waals surface area contributed by atoms with Crippen molar-refractivity contribution in [1.82, 2.24) is 0 Å². The van der Waals surface area contributed by atoms with Crippen LogP contribution < -0.4 is 0 Å². The summed E-state index contributed by atoms with van der Waals surface area (Å²) in [6, 6.07) is 5.25. The first kappa shape index (κ1) is 12.0. The van der Waals surface area contributed by atoms with Gasteiger partial charge in [-0.1, -0.05) is 19.1 Å². The van der Waals surface area contributed by atoms with Gasteiger partial charge in [-0.2, -0.15) is 0 Å². The number of alkyl halides is 1. The quantitative estimate of drug-likeness (QED) is 0.450. The smallest absolute Gasteiger partial charge is 0.258 e. The largest absolute Gasteiger partial charge is 0.273 e. The molecular formula is C11H14ClNO2. The molecule has 15 heavy (non-hydrogen) atoms. The van der Waals surface area contributed by atoms with Gasteiger partial charge in [0, 0.05) is 22.9 Å². The molecule has 0 saturated carbocycles. The molecule has 0 amide bonds. The molecule has 0 aromatic heterocycles. The van der Waals surface area contributed by atoms with Gasteiger partial charge in [-0.3, -0.25) is 10.1 Å². The number of hydrogen-bond acceptors (Lipinski definition) is 2. The van der Waals surface area contributed by atoms with Crippen molar-refractivity contribution < 1.29 is 4.92 Å². The van der Waals surface area contributed by atoms with Gasteiger partial charge in [0.05, 0.1) is 4.92 Å². The average Bonchev–Trinajstić information content (AvgIpc) is 2.16. The van der Waals surface area contributed by atoms with E-state index in [2.05, 4.69) is 0 Å². The molecule has 1 aromatic carbocycles. The van der Waals surface area contributed by atoms with Crippen LogP contribution in [0, 0.1) is 17.0 Å². The summed E-state index contributed by atoms with van der Waals surface area (Å²) in [5, 5.41) is 10.7. The Kier molecular flexibility index (Phi) is 3.69. The highest BCUT2D eigenvalue weighted by molar-refractivity contribution is 6.20. The van der Waals surface area contributed by atoms with Crippen LogP contribution in [0.1, 0.15) is 30.9 Å². The maximum Gasteiger partial charge on any atom is 0.273 e. The molecule has 0 saturated heterocycles. The van der Waals surface area contributed by atoms with Crippen LogP contribution in [0.4, 0.5) is 5.69 Å². The van der Waals surface area contributed by atoms with Crippen LogP contribution in [0.25, 0.3) is 0 Å². The Balaban J connectivity index is 3.22. The summed E-state index contributed by atoms with van der Waals surface area (Å²) in [4.78, 5) is 10.5. The Hall–Kier alpha value is -1.09. The summed E-state index contributed by atoms with van der Waals surface area (Å²) in [5.74, 6) is -0.0207. The summed E-state index contributed by atoms with van der Waals surface area (Å²) in [5.41, 5.74) is 1.75. The Morgan fingerprint density at radius 3 is 2.47 bits per heavy atom. The van der Waals surface area contributed by atoms with E-state index in [1.54, 1.807) is 12.1 Å². The average molecular weight is 228 g/mol. The predicted octanol–water partition coefficient (Wildman–Crippen LogP) is 3.63. The zero-order valence-corrected chi connectivity index (χ0v) is 9.78. The van der Waals surface area contributed by atoms with Crippen molar-refractivity contribution in [2.45, 2.75) is 32.1 Å². The van der Waals surface area contributed by atoms with Crippen LogP contribution in [0.3, 0.4) is 0 Å². The van der Waals surface area contributed by atoms with Gasteiger partial charge < -0.3 is 0 Å². The molecule has 0 heterocycles. The second kappa shape index (κ2) is 4.62. The number of hydrogen-bond donors (Lipinski definition) is 0. The van der Waals surface area contributed by atoms with Crippen molar-refractivity contribution in [1.29, 1.82) is 0 Å². The lowest BCUT2D eigenvalue weighted by atomic mass is 9.95. The fourth-order valence-electron chi connectivity index (χ4n) is 1.44. The van der Waals surface area contributed by atoms with Gasteiger partial charge >= 0.3 is 0 Å². The normalized spacial score (nSPS) is 14.7. The first-order valence-corrected chi connectivity index (χ1v) is 5.26. The molecule has 0 radical (unpaired) electrons. The topological polar surface area (TPSA) is 43.1 Å². The van der Waals surface area contributed by atoms with E-state index in [-0.39, 0.29) is 21.9 Å². The molecular weight excluding hydrogens is 214 g/mol. The maximum absolute atomic E-state index is 10.9. The van der Waals surface area contributed by atoms with Crippen molar-refractivity contribution in [2.24, 2.45) is 0 Å². The summed E-state index contributed by atoms with van der Waals surface area (Å²) >= 11 is 5.96. The molecule has 2 unspecified atom stereocenters. The highest BCUT2D eigenvalue weighted by Gasteiger charge is 2.21. The molecule has 0 N–H and O–H groups in total. The lowest BCUT2D eigenvalue weighted by Gasteiger charge is -2.14. The second-order valence-electron chi connectivity index (χ2n) is 3.79. The molecule has 0 spiro atoms. The van der Waals surface area contributed by atoms with Gasteiger partial charge in [0.1, 0.15) is 0 Å². The number of benzene rings is 1. The van der Waals surface area contributed by atoms with Crippen LogP contribution in [-0.4, -0.2) is 10.3 Å². The molecule has 0 aliphatic carbocycles.